The fourth-order valence-corrected chi connectivity index (χ4v) is 3.94. The van der Waals surface area contributed by atoms with Gasteiger partial charge in [0.05, 0.1) is 17.4 Å². The van der Waals surface area contributed by atoms with Crippen LogP contribution in [-0.4, -0.2) is 33.6 Å². The third-order valence-electron chi connectivity index (χ3n) is 4.86. The van der Waals surface area contributed by atoms with E-state index in [0.29, 0.717) is 5.82 Å². The second-order valence-electron chi connectivity index (χ2n) is 7.03. The van der Waals surface area contributed by atoms with Gasteiger partial charge in [0.15, 0.2) is 12.3 Å². The van der Waals surface area contributed by atoms with Crippen LogP contribution in [0.25, 0.3) is 0 Å². The number of halogens is 2. The molecule has 2 N–H and O–H groups in total. The Morgan fingerprint density at radius 1 is 1.30 bits per heavy atom. The van der Waals surface area contributed by atoms with E-state index in [-0.39, 0.29) is 40.1 Å². The van der Waals surface area contributed by atoms with Gasteiger partial charge in [-0.25, -0.2) is 14.4 Å². The molecule has 9 heteroatoms. The van der Waals surface area contributed by atoms with Gasteiger partial charge >= 0.3 is 0 Å². The van der Waals surface area contributed by atoms with Crippen molar-refractivity contribution < 1.29 is 13.9 Å². The van der Waals surface area contributed by atoms with Crippen molar-refractivity contribution in [2.75, 3.05) is 11.9 Å². The maximum atomic E-state index is 13.4. The second-order valence-corrected chi connectivity index (χ2v) is 7.43. The van der Waals surface area contributed by atoms with Crippen LogP contribution in [0.2, 0.25) is 5.02 Å². The zero-order valence-electron chi connectivity index (χ0n) is 14.1. The zero-order chi connectivity index (χ0) is 19.1. The standard InChI is InChI=1S/C18H15ClFN5O2/c19-13-2-1-12(3-14(13)20)27-7-16(26)25-18-8-17(9-18,10-18)24-15-6-22-11(4-21)5-23-15/h1-3,5-6H,7-10H2,(H,23,24)(H,25,26). The largest absolute Gasteiger partial charge is 0.484 e. The Morgan fingerprint density at radius 2 is 2.07 bits per heavy atom. The number of carbonyl (C=O) groups excluding carboxylic acids is 1. The summed E-state index contributed by atoms with van der Waals surface area (Å²) in [6.45, 7) is -0.190. The van der Waals surface area contributed by atoms with Crippen molar-refractivity contribution in [2.24, 2.45) is 0 Å². The predicted molar refractivity (Wildman–Crippen MR) is 94.7 cm³/mol. The minimum Gasteiger partial charge on any atom is -0.484 e. The van der Waals surface area contributed by atoms with E-state index in [1.807, 2.05) is 6.07 Å². The highest BCUT2D eigenvalue weighted by molar-refractivity contribution is 6.30. The van der Waals surface area contributed by atoms with E-state index in [2.05, 4.69) is 20.6 Å². The highest BCUT2D eigenvalue weighted by Crippen LogP contribution is 2.61. The smallest absolute Gasteiger partial charge is 0.258 e. The fourth-order valence-electron chi connectivity index (χ4n) is 3.82. The van der Waals surface area contributed by atoms with Crippen LogP contribution >= 0.6 is 11.6 Å². The number of hydrogen-bond donors (Lipinski definition) is 2. The van der Waals surface area contributed by atoms with Gasteiger partial charge in [-0.2, -0.15) is 5.26 Å². The van der Waals surface area contributed by atoms with Gasteiger partial charge in [0.2, 0.25) is 0 Å². The molecule has 1 aromatic heterocycles. The number of nitrogens with one attached hydrogen (secondary N) is 2. The topological polar surface area (TPSA) is 99.9 Å². The van der Waals surface area contributed by atoms with Crippen molar-refractivity contribution >= 4 is 23.3 Å². The van der Waals surface area contributed by atoms with Crippen molar-refractivity contribution in [2.45, 2.75) is 30.3 Å². The number of aromatic nitrogens is 2. The predicted octanol–water partition coefficient (Wildman–Crippen LogP) is 2.42. The number of nitriles is 1. The molecule has 5 rings (SSSR count). The molecule has 3 aliphatic carbocycles. The first kappa shape index (κ1) is 17.5. The number of amides is 1. The van der Waals surface area contributed by atoms with Crippen molar-refractivity contribution in [3.63, 3.8) is 0 Å². The van der Waals surface area contributed by atoms with Crippen molar-refractivity contribution in [1.82, 2.24) is 15.3 Å². The quantitative estimate of drug-likeness (QED) is 0.789. The van der Waals surface area contributed by atoms with Gasteiger partial charge in [-0.05, 0) is 31.4 Å². The monoisotopic (exact) mass is 387 g/mol. The first-order valence-corrected chi connectivity index (χ1v) is 8.68. The van der Waals surface area contributed by atoms with Gasteiger partial charge in [-0.3, -0.25) is 4.79 Å². The molecule has 27 heavy (non-hydrogen) atoms. The lowest BCUT2D eigenvalue weighted by Gasteiger charge is -2.70. The van der Waals surface area contributed by atoms with Gasteiger partial charge in [0, 0.05) is 17.1 Å². The van der Waals surface area contributed by atoms with Gasteiger partial charge < -0.3 is 15.4 Å². The van der Waals surface area contributed by atoms with Crippen LogP contribution in [0, 0.1) is 17.1 Å². The number of benzene rings is 1. The number of carbonyl (C=O) groups is 1. The molecule has 0 spiro atoms. The van der Waals surface area contributed by atoms with E-state index < -0.39 is 5.82 Å². The van der Waals surface area contributed by atoms with E-state index in [1.54, 1.807) is 0 Å². The first-order valence-electron chi connectivity index (χ1n) is 8.30. The maximum absolute atomic E-state index is 13.4. The van der Waals surface area contributed by atoms with Gasteiger partial charge in [0.1, 0.15) is 23.5 Å². The third-order valence-corrected chi connectivity index (χ3v) is 5.16. The molecule has 0 aliphatic heterocycles. The zero-order valence-corrected chi connectivity index (χ0v) is 14.9. The molecule has 0 unspecified atom stereocenters. The van der Waals surface area contributed by atoms with E-state index in [9.17, 15) is 9.18 Å². The van der Waals surface area contributed by atoms with Crippen molar-refractivity contribution in [3.05, 3.63) is 47.1 Å². The Hall–Kier alpha value is -2.92. The van der Waals surface area contributed by atoms with E-state index in [1.165, 1.54) is 24.5 Å². The molecule has 1 heterocycles. The van der Waals surface area contributed by atoms with Crippen LogP contribution in [0.15, 0.2) is 30.6 Å². The summed E-state index contributed by atoms with van der Waals surface area (Å²) in [6, 6.07) is 5.96. The summed E-state index contributed by atoms with van der Waals surface area (Å²) >= 11 is 5.61. The average molecular weight is 388 g/mol. The molecule has 0 radical (unpaired) electrons. The molecule has 3 saturated carbocycles. The highest BCUT2D eigenvalue weighted by Gasteiger charge is 2.68. The molecule has 3 fully saturated rings. The molecule has 0 atom stereocenters. The number of anilines is 1. The molecular formula is C18H15ClFN5O2. The lowest BCUT2D eigenvalue weighted by Crippen LogP contribution is -2.81. The molecule has 3 aliphatic rings. The molecule has 2 bridgehead atoms. The Kier molecular flexibility index (Phi) is 4.12. The van der Waals surface area contributed by atoms with Crippen LogP contribution in [0.5, 0.6) is 5.75 Å². The summed E-state index contributed by atoms with van der Waals surface area (Å²) in [4.78, 5) is 20.2. The molecule has 2 aromatic rings. The van der Waals surface area contributed by atoms with Gasteiger partial charge in [-0.15, -0.1) is 0 Å². The van der Waals surface area contributed by atoms with E-state index in [4.69, 9.17) is 21.6 Å². The molecule has 7 nitrogen and oxygen atoms in total. The second kappa shape index (κ2) is 6.35. The summed E-state index contributed by atoms with van der Waals surface area (Å²) in [5.74, 6) is 0.0219. The van der Waals surface area contributed by atoms with Gasteiger partial charge in [-0.1, -0.05) is 11.6 Å². The number of hydrogen-bond acceptors (Lipinski definition) is 6. The Morgan fingerprint density at radius 3 is 2.70 bits per heavy atom. The van der Waals surface area contributed by atoms with Crippen molar-refractivity contribution in [1.29, 1.82) is 5.26 Å². The van der Waals surface area contributed by atoms with Crippen LogP contribution < -0.4 is 15.4 Å². The van der Waals surface area contributed by atoms with Crippen LogP contribution in [0.4, 0.5) is 10.2 Å². The first-order chi connectivity index (χ1) is 12.9. The lowest BCUT2D eigenvalue weighted by molar-refractivity contribution is -0.135. The van der Waals surface area contributed by atoms with Crippen LogP contribution in [0.1, 0.15) is 25.0 Å². The minimum atomic E-state index is -0.590. The number of ether oxygens (including phenoxy) is 1. The molecule has 138 valence electrons. The van der Waals surface area contributed by atoms with Crippen LogP contribution in [-0.2, 0) is 4.79 Å². The maximum Gasteiger partial charge on any atom is 0.258 e. The SMILES string of the molecule is N#Cc1cnc(NC23CC(NC(=O)COc4ccc(Cl)c(F)c4)(C2)C3)cn1. The lowest BCUT2D eigenvalue weighted by atomic mass is 9.44. The third kappa shape index (κ3) is 3.38. The number of nitrogens with zero attached hydrogens (tertiary/aromatic N) is 3. The van der Waals surface area contributed by atoms with Crippen molar-refractivity contribution in [3.8, 4) is 11.8 Å². The molecule has 1 amide bonds. The fraction of sp³-hybridized carbons (Fsp3) is 0.333. The molecule has 1 aromatic carbocycles. The van der Waals surface area contributed by atoms with E-state index >= 15 is 0 Å². The summed E-state index contributed by atoms with van der Waals surface area (Å²) in [5, 5.41) is 15.0. The van der Waals surface area contributed by atoms with Crippen LogP contribution in [0.3, 0.4) is 0 Å². The summed E-state index contributed by atoms with van der Waals surface area (Å²) in [7, 11) is 0. The minimum absolute atomic E-state index is 0.00502. The average Bonchev–Trinajstić information content (AvgIpc) is 2.60. The summed E-state index contributed by atoms with van der Waals surface area (Å²) < 4.78 is 18.7. The van der Waals surface area contributed by atoms with E-state index in [0.717, 1.165) is 25.3 Å². The summed E-state index contributed by atoms with van der Waals surface area (Å²) in [5.41, 5.74) is -0.0444. The molecular weight excluding hydrogens is 373 g/mol. The Balaban J connectivity index is 1.24. The Labute approximate surface area is 159 Å². The molecule has 0 saturated heterocycles. The normalized spacial score (nSPS) is 24.8. The summed E-state index contributed by atoms with van der Waals surface area (Å²) in [6.07, 6.45) is 5.29. The van der Waals surface area contributed by atoms with Gasteiger partial charge in [0.25, 0.3) is 5.91 Å². The number of rotatable bonds is 6. The Bertz CT molecular complexity index is 924. The highest BCUT2D eigenvalue weighted by atomic mass is 35.5.